The number of benzene rings is 1. The van der Waals surface area contributed by atoms with Crippen LogP contribution in [0.2, 0.25) is 0 Å². The maximum absolute atomic E-state index is 9.74. The Labute approximate surface area is 95.1 Å². The molecule has 0 aliphatic rings. The summed E-state index contributed by atoms with van der Waals surface area (Å²) in [5.41, 5.74) is 2.24. The molecule has 1 atom stereocenters. The van der Waals surface area contributed by atoms with Crippen molar-refractivity contribution in [2.45, 2.75) is 19.4 Å². The first-order chi connectivity index (χ1) is 7.29. The lowest BCUT2D eigenvalue weighted by molar-refractivity contribution is 0.168. The fraction of sp³-hybridized carbons (Fsp3) is 0.333. The van der Waals surface area contributed by atoms with E-state index in [1.165, 1.54) is 5.54 Å². The molecule has 15 heavy (non-hydrogen) atoms. The number of rotatable bonds is 5. The Morgan fingerprint density at radius 1 is 1.47 bits per heavy atom. The third-order valence-corrected chi connectivity index (χ3v) is 2.27. The van der Waals surface area contributed by atoms with Crippen molar-refractivity contribution in [3.63, 3.8) is 0 Å². The zero-order chi connectivity index (χ0) is 11.1. The molecule has 0 aliphatic heterocycles. The van der Waals surface area contributed by atoms with Crippen LogP contribution in [0.1, 0.15) is 25.0 Å². The lowest BCUT2D eigenvalue weighted by atomic mass is 10.1. The average Bonchev–Trinajstić information content (AvgIpc) is 2.29. The van der Waals surface area contributed by atoms with Gasteiger partial charge >= 0.3 is 0 Å². The highest BCUT2D eigenvalue weighted by Crippen LogP contribution is 2.26. The van der Waals surface area contributed by atoms with Gasteiger partial charge in [-0.25, -0.2) is 0 Å². The zero-order valence-corrected chi connectivity index (χ0v) is 9.45. The summed E-state index contributed by atoms with van der Waals surface area (Å²) < 4.78 is 5.47. The molecule has 0 heterocycles. The van der Waals surface area contributed by atoms with Crippen LogP contribution >= 0.6 is 11.6 Å². The first-order valence-electron chi connectivity index (χ1n) is 4.94. The van der Waals surface area contributed by atoms with Crippen molar-refractivity contribution in [1.82, 2.24) is 0 Å². The van der Waals surface area contributed by atoms with Crippen molar-refractivity contribution in [1.29, 1.82) is 0 Å². The number of aliphatic hydroxyl groups excluding tert-OH is 1. The van der Waals surface area contributed by atoms with E-state index in [4.69, 9.17) is 16.3 Å². The van der Waals surface area contributed by atoms with E-state index < -0.39 is 6.10 Å². The molecular weight excluding hydrogens is 212 g/mol. The Bertz CT molecular complexity index is 323. The molecular formula is C12H15ClO2. The Morgan fingerprint density at radius 2 is 2.20 bits per heavy atom. The predicted molar refractivity (Wildman–Crippen MR) is 62.2 cm³/mol. The molecule has 0 saturated carbocycles. The van der Waals surface area contributed by atoms with Crippen LogP contribution in [-0.2, 0) is 0 Å². The largest absolute Gasteiger partial charge is 0.489 e. The van der Waals surface area contributed by atoms with E-state index in [2.05, 4.69) is 0 Å². The molecule has 0 fully saturated rings. The Morgan fingerprint density at radius 3 is 2.87 bits per heavy atom. The summed E-state index contributed by atoms with van der Waals surface area (Å²) in [5, 5.41) is 9.74. The van der Waals surface area contributed by atoms with Crippen LogP contribution in [0.15, 0.2) is 35.9 Å². The van der Waals surface area contributed by atoms with Gasteiger partial charge in [0.05, 0.1) is 6.10 Å². The van der Waals surface area contributed by atoms with Crippen LogP contribution in [0.25, 0.3) is 0 Å². The molecule has 2 nitrogen and oxygen atoms in total. The lowest BCUT2D eigenvalue weighted by Crippen LogP contribution is -2.01. The number of hydrogen-bond donors (Lipinski definition) is 1. The quantitative estimate of drug-likeness (QED) is 0.835. The van der Waals surface area contributed by atoms with Crippen LogP contribution in [-0.4, -0.2) is 11.7 Å². The van der Waals surface area contributed by atoms with Crippen LogP contribution in [0, 0.1) is 0 Å². The molecule has 0 unspecified atom stereocenters. The topological polar surface area (TPSA) is 29.5 Å². The molecule has 0 spiro atoms. The minimum atomic E-state index is -0.471. The van der Waals surface area contributed by atoms with Gasteiger partial charge in [-0.3, -0.25) is 0 Å². The fourth-order valence-corrected chi connectivity index (χ4v) is 1.35. The highest BCUT2D eigenvalue weighted by Gasteiger charge is 2.10. The number of ether oxygens (including phenoxy) is 1. The van der Waals surface area contributed by atoms with E-state index in [-0.39, 0.29) is 0 Å². The summed E-state index contributed by atoms with van der Waals surface area (Å²) in [6.07, 6.45) is 1.91. The van der Waals surface area contributed by atoms with Gasteiger partial charge in [-0.15, -0.1) is 0 Å². The maximum Gasteiger partial charge on any atom is 0.125 e. The van der Waals surface area contributed by atoms with Gasteiger partial charge in [0.15, 0.2) is 0 Å². The molecule has 82 valence electrons. The van der Waals surface area contributed by atoms with Crippen LogP contribution in [0.3, 0.4) is 0 Å². The summed E-state index contributed by atoms with van der Waals surface area (Å²) >= 11 is 5.39. The standard InChI is InChI=1S/C12H15ClO2/c1-2-11(14)10-6-3-4-7-12(10)15-9-5-8-13/h3-8,11,14H,2,9H2,1H3/t11-/m0/s1. The summed E-state index contributed by atoms with van der Waals surface area (Å²) in [4.78, 5) is 0. The molecule has 3 heteroatoms. The first kappa shape index (κ1) is 12.1. The van der Waals surface area contributed by atoms with Gasteiger partial charge in [0, 0.05) is 11.1 Å². The van der Waals surface area contributed by atoms with Crippen LogP contribution in [0.4, 0.5) is 0 Å². The second kappa shape index (κ2) is 6.49. The van der Waals surface area contributed by atoms with E-state index in [1.807, 2.05) is 31.2 Å². The number of halogens is 1. The molecule has 0 amide bonds. The molecule has 1 rings (SSSR count). The average molecular weight is 227 g/mol. The Balaban J connectivity index is 2.76. The van der Waals surface area contributed by atoms with Crippen molar-refractivity contribution in [2.24, 2.45) is 0 Å². The fourth-order valence-electron chi connectivity index (χ4n) is 1.28. The van der Waals surface area contributed by atoms with Crippen LogP contribution in [0.5, 0.6) is 5.75 Å². The number of para-hydroxylation sites is 1. The van der Waals surface area contributed by atoms with E-state index >= 15 is 0 Å². The molecule has 1 aromatic carbocycles. The molecule has 0 aliphatic carbocycles. The Kier molecular flexibility index (Phi) is 5.22. The lowest BCUT2D eigenvalue weighted by Gasteiger charge is -2.13. The SMILES string of the molecule is CC[C@H](O)c1ccccc1OCC=CCl. The third kappa shape index (κ3) is 3.57. The van der Waals surface area contributed by atoms with Crippen molar-refractivity contribution in [3.8, 4) is 5.75 Å². The van der Waals surface area contributed by atoms with Gasteiger partial charge in [-0.1, -0.05) is 36.7 Å². The second-order valence-corrected chi connectivity index (χ2v) is 3.39. The van der Waals surface area contributed by atoms with Gasteiger partial charge in [0.25, 0.3) is 0 Å². The van der Waals surface area contributed by atoms with Gasteiger partial charge in [0.1, 0.15) is 12.4 Å². The Hall–Kier alpha value is -0.990. The molecule has 1 aromatic rings. The van der Waals surface area contributed by atoms with Gasteiger partial charge in [-0.05, 0) is 18.6 Å². The highest BCUT2D eigenvalue weighted by atomic mass is 35.5. The maximum atomic E-state index is 9.74. The predicted octanol–water partition coefficient (Wildman–Crippen LogP) is 3.26. The van der Waals surface area contributed by atoms with Crippen molar-refractivity contribution in [3.05, 3.63) is 41.4 Å². The van der Waals surface area contributed by atoms with E-state index in [0.29, 0.717) is 18.8 Å². The summed E-state index contributed by atoms with van der Waals surface area (Å²) in [5.74, 6) is 0.710. The minimum absolute atomic E-state index is 0.414. The zero-order valence-electron chi connectivity index (χ0n) is 8.69. The summed E-state index contributed by atoms with van der Waals surface area (Å²) in [6, 6.07) is 7.48. The second-order valence-electron chi connectivity index (χ2n) is 3.13. The summed E-state index contributed by atoms with van der Waals surface area (Å²) in [6.45, 7) is 2.34. The number of hydrogen-bond acceptors (Lipinski definition) is 2. The van der Waals surface area contributed by atoms with E-state index in [1.54, 1.807) is 6.08 Å². The van der Waals surface area contributed by atoms with Gasteiger partial charge in [0.2, 0.25) is 0 Å². The van der Waals surface area contributed by atoms with E-state index in [9.17, 15) is 5.11 Å². The smallest absolute Gasteiger partial charge is 0.125 e. The van der Waals surface area contributed by atoms with E-state index in [0.717, 1.165) is 5.56 Å². The molecule has 0 radical (unpaired) electrons. The van der Waals surface area contributed by atoms with Gasteiger partial charge in [-0.2, -0.15) is 0 Å². The minimum Gasteiger partial charge on any atom is -0.489 e. The highest BCUT2D eigenvalue weighted by molar-refractivity contribution is 6.25. The molecule has 1 N–H and O–H groups in total. The molecule has 0 aromatic heterocycles. The normalized spacial score (nSPS) is 13.0. The molecule has 0 saturated heterocycles. The molecule has 0 bridgehead atoms. The van der Waals surface area contributed by atoms with Crippen molar-refractivity contribution in [2.75, 3.05) is 6.61 Å². The number of aliphatic hydroxyl groups is 1. The first-order valence-corrected chi connectivity index (χ1v) is 5.38. The van der Waals surface area contributed by atoms with Gasteiger partial charge < -0.3 is 9.84 Å². The summed E-state index contributed by atoms with van der Waals surface area (Å²) in [7, 11) is 0. The third-order valence-electron chi connectivity index (χ3n) is 2.09. The monoisotopic (exact) mass is 226 g/mol. The van der Waals surface area contributed by atoms with Crippen molar-refractivity contribution >= 4 is 11.6 Å². The van der Waals surface area contributed by atoms with Crippen molar-refractivity contribution < 1.29 is 9.84 Å². The van der Waals surface area contributed by atoms with Crippen LogP contribution < -0.4 is 4.74 Å².